The van der Waals surface area contributed by atoms with Gasteiger partial charge in [-0.1, -0.05) is 0 Å². The van der Waals surface area contributed by atoms with Crippen molar-refractivity contribution in [3.63, 3.8) is 0 Å². The molecule has 0 aromatic rings. The van der Waals surface area contributed by atoms with Crippen LogP contribution in [0.3, 0.4) is 0 Å². The molecule has 1 fully saturated rings. The summed E-state index contributed by atoms with van der Waals surface area (Å²) in [7, 11) is 3.63. The van der Waals surface area contributed by atoms with Crippen molar-refractivity contribution in [2.24, 2.45) is 5.92 Å². The number of rotatable bonds is 6. The summed E-state index contributed by atoms with van der Waals surface area (Å²) in [6.45, 7) is 3.17. The molecule has 0 saturated carbocycles. The quantitative estimate of drug-likeness (QED) is 0.673. The fourth-order valence-electron chi connectivity index (χ4n) is 2.13. The molecule has 0 amide bonds. The Morgan fingerprint density at radius 1 is 1.69 bits per heavy atom. The molecule has 2 unspecified atom stereocenters. The van der Waals surface area contributed by atoms with E-state index in [-0.39, 0.29) is 6.61 Å². The van der Waals surface area contributed by atoms with Crippen molar-refractivity contribution in [2.75, 3.05) is 40.4 Å². The fourth-order valence-corrected chi connectivity index (χ4v) is 2.13. The van der Waals surface area contributed by atoms with Crippen LogP contribution in [0.1, 0.15) is 12.8 Å². The van der Waals surface area contributed by atoms with Crippen LogP contribution in [0.4, 0.5) is 0 Å². The number of aliphatic carboxylic acids is 1. The Hall–Kier alpha value is -0.650. The van der Waals surface area contributed by atoms with E-state index in [1.165, 1.54) is 20.0 Å². The van der Waals surface area contributed by atoms with Crippen LogP contribution in [-0.2, 0) is 9.53 Å². The number of hydrogen-bond donors (Lipinski definition) is 2. The lowest BCUT2D eigenvalue weighted by Gasteiger charge is -2.30. The minimum atomic E-state index is -0.842. The van der Waals surface area contributed by atoms with E-state index in [4.69, 9.17) is 9.84 Å². The molecule has 0 radical (unpaired) electrons. The lowest BCUT2D eigenvalue weighted by Crippen LogP contribution is -2.45. The summed E-state index contributed by atoms with van der Waals surface area (Å²) < 4.78 is 4.87. The molecule has 2 N–H and O–H groups in total. The van der Waals surface area contributed by atoms with Crippen molar-refractivity contribution < 1.29 is 14.6 Å². The van der Waals surface area contributed by atoms with Crippen molar-refractivity contribution in [3.05, 3.63) is 0 Å². The number of likely N-dealkylation sites (tertiary alicyclic amines) is 1. The molecule has 1 aliphatic heterocycles. The van der Waals surface area contributed by atoms with E-state index in [1.54, 1.807) is 0 Å². The first kappa shape index (κ1) is 13.4. The number of nitrogens with zero attached hydrogens (tertiary/aromatic N) is 1. The molecule has 0 bridgehead atoms. The van der Waals surface area contributed by atoms with Gasteiger partial charge < -0.3 is 20.1 Å². The number of methoxy groups -OCH3 is 1. The Morgan fingerprint density at radius 3 is 3.00 bits per heavy atom. The van der Waals surface area contributed by atoms with E-state index >= 15 is 0 Å². The second-order valence-electron chi connectivity index (χ2n) is 4.52. The molecule has 1 rings (SSSR count). The van der Waals surface area contributed by atoms with E-state index < -0.39 is 12.0 Å². The maximum absolute atomic E-state index is 10.9. The Kier molecular flexibility index (Phi) is 5.73. The largest absolute Gasteiger partial charge is 0.480 e. The van der Waals surface area contributed by atoms with Gasteiger partial charge in [0.1, 0.15) is 6.04 Å². The molecular weight excluding hydrogens is 208 g/mol. The highest BCUT2D eigenvalue weighted by Crippen LogP contribution is 2.13. The maximum Gasteiger partial charge on any atom is 0.323 e. The van der Waals surface area contributed by atoms with Crippen LogP contribution < -0.4 is 5.32 Å². The van der Waals surface area contributed by atoms with E-state index in [2.05, 4.69) is 17.3 Å². The van der Waals surface area contributed by atoms with E-state index in [0.717, 1.165) is 19.6 Å². The highest BCUT2D eigenvalue weighted by molar-refractivity contribution is 5.73. The minimum Gasteiger partial charge on any atom is -0.480 e. The molecule has 0 aliphatic carbocycles. The lowest BCUT2D eigenvalue weighted by atomic mass is 9.98. The summed E-state index contributed by atoms with van der Waals surface area (Å²) in [5.41, 5.74) is 0. The zero-order chi connectivity index (χ0) is 12.0. The predicted octanol–water partition coefficient (Wildman–Crippen LogP) is 0.0174. The lowest BCUT2D eigenvalue weighted by molar-refractivity contribution is -0.140. The smallest absolute Gasteiger partial charge is 0.323 e. The standard InChI is InChI=1S/C11H22N2O3/c1-13-5-3-4-9(7-13)6-12-10(8-16-2)11(14)15/h9-10,12H,3-8H2,1-2H3,(H,14,15). The summed E-state index contributed by atoms with van der Waals surface area (Å²) in [5, 5.41) is 12.0. The molecule has 2 atom stereocenters. The zero-order valence-electron chi connectivity index (χ0n) is 10.1. The van der Waals surface area contributed by atoms with Crippen LogP contribution in [-0.4, -0.2) is 62.4 Å². The SMILES string of the molecule is COCC(NCC1CCCN(C)C1)C(=O)O. The van der Waals surface area contributed by atoms with Crippen molar-refractivity contribution in [1.82, 2.24) is 10.2 Å². The van der Waals surface area contributed by atoms with Crippen LogP contribution in [0.15, 0.2) is 0 Å². The van der Waals surface area contributed by atoms with Gasteiger partial charge in [-0.05, 0) is 32.4 Å². The fraction of sp³-hybridized carbons (Fsp3) is 0.909. The van der Waals surface area contributed by atoms with E-state index in [0.29, 0.717) is 5.92 Å². The molecule has 0 aromatic carbocycles. The summed E-state index contributed by atoms with van der Waals surface area (Å²) in [6.07, 6.45) is 2.38. The van der Waals surface area contributed by atoms with Crippen LogP contribution in [0.5, 0.6) is 0 Å². The molecule has 1 saturated heterocycles. The van der Waals surface area contributed by atoms with Crippen molar-refractivity contribution in [1.29, 1.82) is 0 Å². The van der Waals surface area contributed by atoms with Gasteiger partial charge in [0.2, 0.25) is 0 Å². The topological polar surface area (TPSA) is 61.8 Å². The van der Waals surface area contributed by atoms with Crippen molar-refractivity contribution in [2.45, 2.75) is 18.9 Å². The highest BCUT2D eigenvalue weighted by Gasteiger charge is 2.21. The third kappa shape index (κ3) is 4.47. The predicted molar refractivity (Wildman–Crippen MR) is 61.5 cm³/mol. The average Bonchev–Trinajstić information content (AvgIpc) is 2.24. The van der Waals surface area contributed by atoms with Crippen LogP contribution in [0, 0.1) is 5.92 Å². The van der Waals surface area contributed by atoms with Gasteiger partial charge in [0, 0.05) is 20.2 Å². The number of nitrogens with one attached hydrogen (secondary N) is 1. The van der Waals surface area contributed by atoms with Gasteiger partial charge in [-0.3, -0.25) is 4.79 Å². The number of carboxylic acid groups (broad SMARTS) is 1. The molecule has 0 aromatic heterocycles. The van der Waals surface area contributed by atoms with Crippen LogP contribution in [0.25, 0.3) is 0 Å². The van der Waals surface area contributed by atoms with Gasteiger partial charge >= 0.3 is 5.97 Å². The molecule has 16 heavy (non-hydrogen) atoms. The third-order valence-electron chi connectivity index (χ3n) is 3.01. The van der Waals surface area contributed by atoms with Gasteiger partial charge in [-0.2, -0.15) is 0 Å². The van der Waals surface area contributed by atoms with Gasteiger partial charge in [-0.15, -0.1) is 0 Å². The number of ether oxygens (including phenoxy) is 1. The second-order valence-corrected chi connectivity index (χ2v) is 4.52. The van der Waals surface area contributed by atoms with Gasteiger partial charge in [-0.25, -0.2) is 0 Å². The van der Waals surface area contributed by atoms with Gasteiger partial charge in [0.05, 0.1) is 6.61 Å². The number of piperidine rings is 1. The van der Waals surface area contributed by atoms with Crippen molar-refractivity contribution >= 4 is 5.97 Å². The second kappa shape index (κ2) is 6.83. The van der Waals surface area contributed by atoms with Crippen LogP contribution >= 0.6 is 0 Å². The van der Waals surface area contributed by atoms with Gasteiger partial charge in [0.25, 0.3) is 0 Å². The summed E-state index contributed by atoms with van der Waals surface area (Å²) in [4.78, 5) is 13.2. The first-order valence-corrected chi connectivity index (χ1v) is 5.77. The Bertz CT molecular complexity index is 223. The average molecular weight is 230 g/mol. The van der Waals surface area contributed by atoms with E-state index in [9.17, 15) is 4.79 Å². The normalized spacial score (nSPS) is 24.2. The molecule has 5 nitrogen and oxygen atoms in total. The zero-order valence-corrected chi connectivity index (χ0v) is 10.1. The summed E-state index contributed by atoms with van der Waals surface area (Å²) in [5.74, 6) is -0.288. The summed E-state index contributed by atoms with van der Waals surface area (Å²) in [6, 6.07) is -0.586. The first-order chi connectivity index (χ1) is 7.63. The molecule has 5 heteroatoms. The molecular formula is C11H22N2O3. The first-order valence-electron chi connectivity index (χ1n) is 5.77. The Labute approximate surface area is 96.8 Å². The molecule has 94 valence electrons. The molecule has 0 spiro atoms. The van der Waals surface area contributed by atoms with Gasteiger partial charge in [0.15, 0.2) is 0 Å². The molecule has 1 aliphatic rings. The molecule has 1 heterocycles. The monoisotopic (exact) mass is 230 g/mol. The third-order valence-corrected chi connectivity index (χ3v) is 3.01. The number of carboxylic acids is 1. The van der Waals surface area contributed by atoms with E-state index in [1.807, 2.05) is 0 Å². The maximum atomic E-state index is 10.9. The summed E-state index contributed by atoms with van der Waals surface area (Å²) >= 11 is 0. The van der Waals surface area contributed by atoms with Crippen molar-refractivity contribution in [3.8, 4) is 0 Å². The Balaban J connectivity index is 2.28. The number of hydrogen-bond acceptors (Lipinski definition) is 4. The van der Waals surface area contributed by atoms with Crippen LogP contribution in [0.2, 0.25) is 0 Å². The number of carbonyl (C=O) groups is 1. The Morgan fingerprint density at radius 2 is 2.44 bits per heavy atom. The highest BCUT2D eigenvalue weighted by atomic mass is 16.5. The minimum absolute atomic E-state index is 0.220.